The van der Waals surface area contributed by atoms with Crippen molar-refractivity contribution < 1.29 is 17.9 Å². The third-order valence-electron chi connectivity index (χ3n) is 5.44. The van der Waals surface area contributed by atoms with Crippen molar-refractivity contribution in [2.45, 2.75) is 19.6 Å². The van der Waals surface area contributed by atoms with E-state index in [0.717, 1.165) is 16.2 Å². The molecule has 190 valence electrons. The molecular weight excluding hydrogens is 568 g/mol. The number of hydrogen-bond acceptors (Lipinski definition) is 4. The fraction of sp³-hybridized carbons (Fsp3) is 0.154. The van der Waals surface area contributed by atoms with E-state index in [4.69, 9.17) is 39.5 Å². The zero-order valence-corrected chi connectivity index (χ0v) is 22.1. The van der Waals surface area contributed by atoms with Crippen LogP contribution in [0.1, 0.15) is 23.6 Å². The molecule has 2 aromatic carbocycles. The predicted octanol–water partition coefficient (Wildman–Crippen LogP) is 8.54. The zero-order chi connectivity index (χ0) is 26.9. The third-order valence-corrected chi connectivity index (χ3v) is 7.47. The summed E-state index contributed by atoms with van der Waals surface area (Å²) in [7, 11) is 0. The smallest absolute Gasteiger partial charge is 0.417 e. The van der Waals surface area contributed by atoms with Gasteiger partial charge in [0.25, 0.3) is 5.56 Å². The van der Waals surface area contributed by atoms with Crippen molar-refractivity contribution in [3.63, 3.8) is 0 Å². The van der Waals surface area contributed by atoms with Crippen LogP contribution in [0, 0.1) is 11.3 Å². The SMILES string of the molecule is CCOc1ccc(-c2ccc(-c3cc(C(F)(F)F)c(C#N)c(=O)n3Cc3ccc(Cl)cc3Cl)s2)cc1Cl. The molecule has 0 amide bonds. The second-order valence-electron chi connectivity index (χ2n) is 7.80. The van der Waals surface area contributed by atoms with Crippen molar-refractivity contribution in [3.8, 4) is 32.8 Å². The summed E-state index contributed by atoms with van der Waals surface area (Å²) in [6.45, 7) is 2.11. The number of hydrogen-bond donors (Lipinski definition) is 0. The van der Waals surface area contributed by atoms with Gasteiger partial charge in [-0.1, -0.05) is 40.9 Å². The Kier molecular flexibility index (Phi) is 7.91. The van der Waals surface area contributed by atoms with Gasteiger partial charge >= 0.3 is 6.18 Å². The first-order chi connectivity index (χ1) is 17.5. The van der Waals surface area contributed by atoms with Crippen molar-refractivity contribution in [1.29, 1.82) is 5.26 Å². The number of alkyl halides is 3. The van der Waals surface area contributed by atoms with Gasteiger partial charge in [-0.05, 0) is 66.6 Å². The van der Waals surface area contributed by atoms with Gasteiger partial charge in [-0.2, -0.15) is 18.4 Å². The third kappa shape index (κ3) is 5.65. The summed E-state index contributed by atoms with van der Waals surface area (Å²) < 4.78 is 48.1. The van der Waals surface area contributed by atoms with E-state index in [2.05, 4.69) is 0 Å². The Hall–Kier alpha value is -2.96. The summed E-state index contributed by atoms with van der Waals surface area (Å²) in [5.74, 6) is 0.514. The Morgan fingerprint density at radius 2 is 1.73 bits per heavy atom. The largest absolute Gasteiger partial charge is 0.492 e. The molecule has 0 N–H and O–H groups in total. The number of nitriles is 1. The summed E-state index contributed by atoms with van der Waals surface area (Å²) in [4.78, 5) is 14.3. The van der Waals surface area contributed by atoms with E-state index in [0.29, 0.717) is 37.7 Å². The maximum Gasteiger partial charge on any atom is 0.417 e. The Morgan fingerprint density at radius 1 is 1.00 bits per heavy atom. The van der Waals surface area contributed by atoms with Gasteiger partial charge in [0, 0.05) is 14.9 Å². The molecule has 0 atom stereocenters. The number of nitrogens with zero attached hydrogens (tertiary/aromatic N) is 2. The fourth-order valence-corrected chi connectivity index (χ4v) is 5.45. The van der Waals surface area contributed by atoms with Gasteiger partial charge < -0.3 is 9.30 Å². The second kappa shape index (κ2) is 10.8. The zero-order valence-electron chi connectivity index (χ0n) is 19.0. The summed E-state index contributed by atoms with van der Waals surface area (Å²) >= 11 is 19.7. The van der Waals surface area contributed by atoms with Crippen LogP contribution in [0.15, 0.2) is 59.4 Å². The average Bonchev–Trinajstić information content (AvgIpc) is 3.32. The lowest BCUT2D eigenvalue weighted by atomic mass is 10.1. The molecule has 0 radical (unpaired) electrons. The van der Waals surface area contributed by atoms with E-state index in [-0.39, 0.29) is 17.3 Å². The molecule has 0 fully saturated rings. The minimum Gasteiger partial charge on any atom is -0.492 e. The highest BCUT2D eigenvalue weighted by molar-refractivity contribution is 7.18. The summed E-state index contributed by atoms with van der Waals surface area (Å²) in [6, 6.07) is 15.4. The van der Waals surface area contributed by atoms with Crippen LogP contribution in [0.5, 0.6) is 5.75 Å². The van der Waals surface area contributed by atoms with Crippen molar-refractivity contribution >= 4 is 46.1 Å². The normalized spacial score (nSPS) is 11.4. The summed E-state index contributed by atoms with van der Waals surface area (Å²) in [5.41, 5.74) is -2.19. The molecule has 0 aliphatic carbocycles. The standard InChI is InChI=1S/C26H16Cl3F3N2O2S/c1-2-36-22-6-4-14(9-20(22)29)23-7-8-24(37-23)21-11-18(26(30,31)32)17(12-33)25(35)34(21)13-15-3-5-16(27)10-19(15)28/h3-11H,2,13H2,1H3. The van der Waals surface area contributed by atoms with Gasteiger partial charge in [-0.3, -0.25) is 4.79 Å². The molecule has 11 heteroatoms. The lowest BCUT2D eigenvalue weighted by Crippen LogP contribution is -2.28. The number of thiophene rings is 1. The lowest BCUT2D eigenvalue weighted by Gasteiger charge is -2.17. The van der Waals surface area contributed by atoms with Crippen LogP contribution in [0.2, 0.25) is 15.1 Å². The molecule has 0 spiro atoms. The van der Waals surface area contributed by atoms with Crippen LogP contribution in [0.3, 0.4) is 0 Å². The van der Waals surface area contributed by atoms with Gasteiger partial charge in [-0.15, -0.1) is 11.3 Å². The van der Waals surface area contributed by atoms with Crippen LogP contribution in [-0.4, -0.2) is 11.2 Å². The fourth-order valence-electron chi connectivity index (χ4n) is 3.72. The van der Waals surface area contributed by atoms with Gasteiger partial charge in [0.05, 0.1) is 34.3 Å². The minimum absolute atomic E-state index is 0.00405. The Labute approximate surface area is 229 Å². The van der Waals surface area contributed by atoms with Crippen molar-refractivity contribution in [2.75, 3.05) is 6.61 Å². The predicted molar refractivity (Wildman–Crippen MR) is 141 cm³/mol. The first-order valence-corrected chi connectivity index (χ1v) is 12.7. The van der Waals surface area contributed by atoms with Crippen molar-refractivity contribution in [1.82, 2.24) is 4.57 Å². The number of halogens is 6. The molecule has 37 heavy (non-hydrogen) atoms. The monoisotopic (exact) mass is 582 g/mol. The van der Waals surface area contributed by atoms with Gasteiger partial charge in [-0.25, -0.2) is 0 Å². The van der Waals surface area contributed by atoms with Crippen LogP contribution in [-0.2, 0) is 12.7 Å². The van der Waals surface area contributed by atoms with E-state index >= 15 is 0 Å². The Morgan fingerprint density at radius 3 is 2.35 bits per heavy atom. The highest BCUT2D eigenvalue weighted by Crippen LogP contribution is 2.40. The first-order valence-electron chi connectivity index (χ1n) is 10.8. The minimum atomic E-state index is -4.90. The number of benzene rings is 2. The van der Waals surface area contributed by atoms with Crippen LogP contribution >= 0.6 is 46.1 Å². The highest BCUT2D eigenvalue weighted by Gasteiger charge is 2.36. The van der Waals surface area contributed by atoms with E-state index in [1.807, 2.05) is 6.92 Å². The molecule has 2 heterocycles. The number of rotatable bonds is 6. The maximum atomic E-state index is 13.8. The molecule has 0 bridgehead atoms. The van der Waals surface area contributed by atoms with Gasteiger partial charge in [0.1, 0.15) is 17.4 Å². The molecular formula is C26H16Cl3F3N2O2S. The molecule has 0 saturated carbocycles. The topological polar surface area (TPSA) is 55.0 Å². The van der Waals surface area contributed by atoms with Crippen LogP contribution < -0.4 is 10.3 Å². The van der Waals surface area contributed by atoms with Crippen LogP contribution in [0.25, 0.3) is 21.0 Å². The molecule has 4 aromatic rings. The Bertz CT molecular complexity index is 1590. The summed E-state index contributed by atoms with van der Waals surface area (Å²) in [5, 5.41) is 10.4. The van der Waals surface area contributed by atoms with E-state index in [1.54, 1.807) is 42.5 Å². The molecule has 4 nitrogen and oxygen atoms in total. The molecule has 2 aromatic heterocycles. The lowest BCUT2D eigenvalue weighted by molar-refractivity contribution is -0.137. The Balaban J connectivity index is 1.89. The molecule has 0 saturated heterocycles. The quantitative estimate of drug-likeness (QED) is 0.229. The van der Waals surface area contributed by atoms with Gasteiger partial charge in [0.2, 0.25) is 0 Å². The second-order valence-corrected chi connectivity index (χ2v) is 10.1. The average molecular weight is 584 g/mol. The van der Waals surface area contributed by atoms with Crippen LogP contribution in [0.4, 0.5) is 13.2 Å². The van der Waals surface area contributed by atoms with E-state index in [9.17, 15) is 23.2 Å². The van der Waals surface area contributed by atoms with E-state index < -0.39 is 22.9 Å². The summed E-state index contributed by atoms with van der Waals surface area (Å²) in [6.07, 6.45) is -4.90. The number of ether oxygens (including phenoxy) is 1. The number of pyridine rings is 1. The molecule has 0 aliphatic rings. The van der Waals surface area contributed by atoms with Crippen molar-refractivity contribution in [3.05, 3.63) is 96.7 Å². The number of aromatic nitrogens is 1. The van der Waals surface area contributed by atoms with Crippen molar-refractivity contribution in [2.24, 2.45) is 0 Å². The van der Waals surface area contributed by atoms with E-state index in [1.165, 1.54) is 23.5 Å². The highest BCUT2D eigenvalue weighted by atomic mass is 35.5. The molecule has 0 unspecified atom stereocenters. The molecule has 0 aliphatic heterocycles. The van der Waals surface area contributed by atoms with Gasteiger partial charge in [0.15, 0.2) is 0 Å². The maximum absolute atomic E-state index is 13.8. The first kappa shape index (κ1) is 27.1. The molecule has 4 rings (SSSR count).